The third kappa shape index (κ3) is 2.58. The number of nitrogens with one attached hydrogen (secondary N) is 1. The predicted octanol–water partition coefficient (Wildman–Crippen LogP) is 2.21. The zero-order valence-electron chi connectivity index (χ0n) is 11.6. The molecule has 5 nitrogen and oxygen atoms in total. The fraction of sp³-hybridized carbons (Fsp3) is 0.929. The van der Waals surface area contributed by atoms with Crippen LogP contribution in [0.4, 0.5) is 4.79 Å². The molecule has 0 aromatic rings. The minimum Gasteiger partial charge on any atom is -0.465 e. The van der Waals surface area contributed by atoms with Crippen molar-refractivity contribution in [2.75, 3.05) is 13.2 Å². The zero-order valence-corrected chi connectivity index (χ0v) is 11.6. The number of rotatable bonds is 1. The van der Waals surface area contributed by atoms with Gasteiger partial charge in [0.2, 0.25) is 0 Å². The van der Waals surface area contributed by atoms with Gasteiger partial charge in [0, 0.05) is 24.3 Å². The summed E-state index contributed by atoms with van der Waals surface area (Å²) < 4.78 is 12.1. The third-order valence-electron chi connectivity index (χ3n) is 4.77. The van der Waals surface area contributed by atoms with Gasteiger partial charge in [0.15, 0.2) is 5.79 Å². The standard InChI is InChI=1S/C14H23NO4/c1-13(2)7-18-14(19-8-13)5-9-3-11(15-12(16)17)4-10(9)6-14/h9-11,15H,3-8H2,1-2H3,(H,16,17)/t9-,10+,11?. The van der Waals surface area contributed by atoms with Crippen LogP contribution >= 0.6 is 0 Å². The lowest BCUT2D eigenvalue weighted by atomic mass is 9.94. The van der Waals surface area contributed by atoms with Crippen molar-refractivity contribution in [2.45, 2.75) is 51.4 Å². The van der Waals surface area contributed by atoms with Gasteiger partial charge in [-0.15, -0.1) is 0 Å². The molecule has 3 aliphatic rings. The van der Waals surface area contributed by atoms with Crippen molar-refractivity contribution in [3.8, 4) is 0 Å². The smallest absolute Gasteiger partial charge is 0.404 e. The minimum absolute atomic E-state index is 0.107. The summed E-state index contributed by atoms with van der Waals surface area (Å²) in [7, 11) is 0. The van der Waals surface area contributed by atoms with Crippen LogP contribution in [0.3, 0.4) is 0 Å². The fourth-order valence-corrected chi connectivity index (χ4v) is 3.86. The van der Waals surface area contributed by atoms with E-state index in [1.165, 1.54) is 0 Å². The predicted molar refractivity (Wildman–Crippen MR) is 68.8 cm³/mol. The van der Waals surface area contributed by atoms with Crippen LogP contribution < -0.4 is 5.32 Å². The number of fused-ring (bicyclic) bond motifs is 1. The summed E-state index contributed by atoms with van der Waals surface area (Å²) in [5.41, 5.74) is 0.107. The lowest BCUT2D eigenvalue weighted by Crippen LogP contribution is -2.46. The van der Waals surface area contributed by atoms with Crippen molar-refractivity contribution < 1.29 is 19.4 Å². The summed E-state index contributed by atoms with van der Waals surface area (Å²) >= 11 is 0. The first-order chi connectivity index (χ1) is 8.88. The molecule has 5 heteroatoms. The average Bonchev–Trinajstić information content (AvgIpc) is 2.78. The summed E-state index contributed by atoms with van der Waals surface area (Å²) in [6.45, 7) is 5.82. The number of ether oxygens (including phenoxy) is 2. The summed E-state index contributed by atoms with van der Waals surface area (Å²) in [4.78, 5) is 10.7. The molecule has 1 unspecified atom stereocenters. The number of hydrogen-bond acceptors (Lipinski definition) is 3. The van der Waals surface area contributed by atoms with E-state index >= 15 is 0 Å². The molecule has 0 aromatic carbocycles. The van der Waals surface area contributed by atoms with Crippen LogP contribution in [0.1, 0.15) is 39.5 Å². The van der Waals surface area contributed by atoms with Crippen molar-refractivity contribution >= 4 is 6.09 Å². The van der Waals surface area contributed by atoms with E-state index in [2.05, 4.69) is 19.2 Å². The lowest BCUT2D eigenvalue weighted by molar-refractivity contribution is -0.297. The van der Waals surface area contributed by atoms with Gasteiger partial charge in [-0.3, -0.25) is 0 Å². The van der Waals surface area contributed by atoms with E-state index in [0.717, 1.165) is 38.9 Å². The largest absolute Gasteiger partial charge is 0.465 e. The zero-order chi connectivity index (χ0) is 13.7. The Balaban J connectivity index is 1.58. The molecule has 2 N–H and O–H groups in total. The number of carbonyl (C=O) groups is 1. The Kier molecular flexibility index (Phi) is 3.02. The summed E-state index contributed by atoms with van der Waals surface area (Å²) in [5.74, 6) is 0.704. The Morgan fingerprint density at radius 2 is 1.68 bits per heavy atom. The van der Waals surface area contributed by atoms with Gasteiger partial charge in [-0.2, -0.15) is 0 Å². The van der Waals surface area contributed by atoms with E-state index in [1.54, 1.807) is 0 Å². The van der Waals surface area contributed by atoms with Crippen LogP contribution in [0.15, 0.2) is 0 Å². The molecule has 2 saturated carbocycles. The molecule has 108 valence electrons. The highest BCUT2D eigenvalue weighted by Gasteiger charge is 2.53. The molecule has 1 saturated heterocycles. The highest BCUT2D eigenvalue weighted by molar-refractivity contribution is 5.64. The molecule has 0 aromatic heterocycles. The maximum Gasteiger partial charge on any atom is 0.404 e. The molecule has 3 fully saturated rings. The van der Waals surface area contributed by atoms with E-state index in [4.69, 9.17) is 14.6 Å². The summed E-state index contributed by atoms with van der Waals surface area (Å²) in [6.07, 6.45) is 2.78. The lowest BCUT2D eigenvalue weighted by Gasteiger charge is -2.42. The molecule has 1 amide bonds. The first-order valence-electron chi connectivity index (χ1n) is 7.15. The fourth-order valence-electron chi connectivity index (χ4n) is 3.86. The van der Waals surface area contributed by atoms with Gasteiger partial charge < -0.3 is 19.9 Å². The Morgan fingerprint density at radius 3 is 2.16 bits per heavy atom. The van der Waals surface area contributed by atoms with Gasteiger partial charge in [-0.1, -0.05) is 13.8 Å². The van der Waals surface area contributed by atoms with Crippen molar-refractivity contribution in [2.24, 2.45) is 17.3 Å². The summed E-state index contributed by atoms with van der Waals surface area (Å²) in [6, 6.07) is 0.116. The Bertz CT molecular complexity index is 356. The molecular weight excluding hydrogens is 246 g/mol. The van der Waals surface area contributed by atoms with Crippen LogP contribution in [0.5, 0.6) is 0 Å². The van der Waals surface area contributed by atoms with Gasteiger partial charge in [-0.05, 0) is 24.7 Å². The first kappa shape index (κ1) is 13.2. The molecule has 1 heterocycles. The number of hydrogen-bond donors (Lipinski definition) is 2. The quantitative estimate of drug-likeness (QED) is 0.766. The van der Waals surface area contributed by atoms with Crippen molar-refractivity contribution in [3.05, 3.63) is 0 Å². The monoisotopic (exact) mass is 269 g/mol. The SMILES string of the molecule is CC1(C)COC2(C[C@H]3CC(NC(=O)O)C[C@H]3C2)OC1. The second-order valence-corrected chi connectivity index (χ2v) is 7.20. The van der Waals surface area contributed by atoms with Crippen LogP contribution in [-0.2, 0) is 9.47 Å². The first-order valence-corrected chi connectivity index (χ1v) is 7.15. The number of carboxylic acid groups (broad SMARTS) is 1. The Hall–Kier alpha value is -0.810. The molecular formula is C14H23NO4. The third-order valence-corrected chi connectivity index (χ3v) is 4.77. The highest BCUT2D eigenvalue weighted by Crippen LogP contribution is 2.52. The van der Waals surface area contributed by atoms with E-state index in [9.17, 15) is 4.79 Å². The summed E-state index contributed by atoms with van der Waals surface area (Å²) in [5, 5.41) is 11.4. The molecule has 3 atom stereocenters. The highest BCUT2D eigenvalue weighted by atomic mass is 16.7. The van der Waals surface area contributed by atoms with E-state index < -0.39 is 6.09 Å². The van der Waals surface area contributed by atoms with Gasteiger partial charge in [0.1, 0.15) is 0 Å². The maximum atomic E-state index is 10.7. The average molecular weight is 269 g/mol. The van der Waals surface area contributed by atoms with Crippen LogP contribution in [0, 0.1) is 17.3 Å². The van der Waals surface area contributed by atoms with Crippen molar-refractivity contribution in [3.63, 3.8) is 0 Å². The molecule has 0 radical (unpaired) electrons. The molecule has 0 bridgehead atoms. The molecule has 2 aliphatic carbocycles. The van der Waals surface area contributed by atoms with Crippen LogP contribution in [-0.4, -0.2) is 36.2 Å². The topological polar surface area (TPSA) is 67.8 Å². The van der Waals surface area contributed by atoms with Crippen LogP contribution in [0.2, 0.25) is 0 Å². The maximum absolute atomic E-state index is 10.7. The van der Waals surface area contributed by atoms with Gasteiger partial charge in [0.25, 0.3) is 0 Å². The Labute approximate surface area is 113 Å². The number of amides is 1. The minimum atomic E-state index is -0.911. The van der Waals surface area contributed by atoms with Gasteiger partial charge in [-0.25, -0.2) is 4.79 Å². The molecule has 1 spiro atoms. The Morgan fingerprint density at radius 1 is 1.16 bits per heavy atom. The van der Waals surface area contributed by atoms with Crippen molar-refractivity contribution in [1.82, 2.24) is 5.32 Å². The van der Waals surface area contributed by atoms with E-state index in [-0.39, 0.29) is 17.2 Å². The molecule has 19 heavy (non-hydrogen) atoms. The second kappa shape index (κ2) is 4.35. The van der Waals surface area contributed by atoms with E-state index in [1.807, 2.05) is 0 Å². The van der Waals surface area contributed by atoms with Crippen LogP contribution in [0.25, 0.3) is 0 Å². The van der Waals surface area contributed by atoms with Gasteiger partial charge in [0.05, 0.1) is 13.2 Å². The molecule has 1 aliphatic heterocycles. The van der Waals surface area contributed by atoms with E-state index in [0.29, 0.717) is 11.8 Å². The normalized spacial score (nSPS) is 39.2. The second-order valence-electron chi connectivity index (χ2n) is 7.20. The van der Waals surface area contributed by atoms with Crippen molar-refractivity contribution in [1.29, 1.82) is 0 Å². The van der Waals surface area contributed by atoms with Gasteiger partial charge >= 0.3 is 6.09 Å². The molecule has 3 rings (SSSR count).